The van der Waals surface area contributed by atoms with E-state index in [0.29, 0.717) is 10.6 Å². The van der Waals surface area contributed by atoms with Gasteiger partial charge in [-0.15, -0.1) is 11.3 Å². The normalized spacial score (nSPS) is 34.0. The largest absolute Gasteiger partial charge is 0.274 e. The van der Waals surface area contributed by atoms with Crippen LogP contribution in [0.15, 0.2) is 12.2 Å². The Morgan fingerprint density at radius 1 is 1.09 bits per heavy atom. The summed E-state index contributed by atoms with van der Waals surface area (Å²) in [5.41, 5.74) is 1.66. The number of imide groups is 1. The zero-order valence-electron chi connectivity index (χ0n) is 12.6. The fourth-order valence-electron chi connectivity index (χ4n) is 4.93. The molecular weight excluding hydrogens is 308 g/mol. The molecule has 2 heterocycles. The number of anilines is 1. The molecule has 4 nitrogen and oxygen atoms in total. The van der Waals surface area contributed by atoms with E-state index in [1.165, 1.54) is 21.1 Å². The minimum absolute atomic E-state index is 0.0769. The first-order valence-electron chi connectivity index (χ1n) is 8.31. The Morgan fingerprint density at radius 2 is 1.74 bits per heavy atom. The van der Waals surface area contributed by atoms with Crippen molar-refractivity contribution in [3.05, 3.63) is 28.2 Å². The second-order valence-corrected chi connectivity index (χ2v) is 8.10. The molecule has 0 spiro atoms. The number of carbonyl (C=O) groups excluding carboxylic acids is 2. The first-order valence-corrected chi connectivity index (χ1v) is 9.13. The van der Waals surface area contributed by atoms with Gasteiger partial charge in [0.1, 0.15) is 11.1 Å². The van der Waals surface area contributed by atoms with E-state index in [1.807, 2.05) is 0 Å². The van der Waals surface area contributed by atoms with Gasteiger partial charge in [-0.3, -0.25) is 9.59 Å². The highest BCUT2D eigenvalue weighted by Crippen LogP contribution is 2.54. The SMILES string of the molecule is N#Cc1c(N2C(=O)[C@@H]3[C@H](C2=O)[C@H]2C=C[C@H]3C2)sc2c1CCCC2. The predicted molar refractivity (Wildman–Crippen MR) is 85.9 cm³/mol. The molecule has 116 valence electrons. The summed E-state index contributed by atoms with van der Waals surface area (Å²) in [4.78, 5) is 28.4. The highest BCUT2D eigenvalue weighted by atomic mass is 32.1. The van der Waals surface area contributed by atoms with Crippen LogP contribution in [0.1, 0.15) is 35.3 Å². The van der Waals surface area contributed by atoms with Crippen LogP contribution < -0.4 is 4.90 Å². The lowest BCUT2D eigenvalue weighted by atomic mass is 9.85. The number of nitrogens with zero attached hydrogens (tertiary/aromatic N) is 2. The molecule has 1 saturated heterocycles. The van der Waals surface area contributed by atoms with Crippen LogP contribution >= 0.6 is 11.3 Å². The fraction of sp³-hybridized carbons (Fsp3) is 0.500. The number of carbonyl (C=O) groups is 2. The molecule has 23 heavy (non-hydrogen) atoms. The number of allylic oxidation sites excluding steroid dienone is 2. The van der Waals surface area contributed by atoms with Gasteiger partial charge >= 0.3 is 0 Å². The predicted octanol–water partition coefficient (Wildman–Crippen LogP) is 2.81. The quantitative estimate of drug-likeness (QED) is 0.589. The van der Waals surface area contributed by atoms with Crippen LogP contribution in [0.5, 0.6) is 0 Å². The van der Waals surface area contributed by atoms with E-state index < -0.39 is 0 Å². The van der Waals surface area contributed by atoms with Crippen molar-refractivity contribution in [1.82, 2.24) is 0 Å². The van der Waals surface area contributed by atoms with E-state index in [-0.39, 0.29) is 35.5 Å². The van der Waals surface area contributed by atoms with Gasteiger partial charge in [-0.05, 0) is 49.5 Å². The molecular formula is C18H16N2O2S. The average Bonchev–Trinajstić information content (AvgIpc) is 3.29. The molecule has 2 bridgehead atoms. The van der Waals surface area contributed by atoms with Crippen LogP contribution in [0.3, 0.4) is 0 Å². The molecule has 0 radical (unpaired) electrons. The molecule has 5 rings (SSSR count). The van der Waals surface area contributed by atoms with E-state index in [4.69, 9.17) is 0 Å². The Hall–Kier alpha value is -1.93. The zero-order chi connectivity index (χ0) is 15.7. The number of rotatable bonds is 1. The number of nitriles is 1. The topological polar surface area (TPSA) is 61.2 Å². The average molecular weight is 324 g/mol. The monoisotopic (exact) mass is 324 g/mol. The second kappa shape index (κ2) is 4.55. The molecule has 1 saturated carbocycles. The molecule has 3 aliphatic carbocycles. The van der Waals surface area contributed by atoms with Crippen LogP contribution in [-0.2, 0) is 22.4 Å². The Kier molecular flexibility index (Phi) is 2.67. The molecule has 2 fully saturated rings. The molecule has 0 N–H and O–H groups in total. The van der Waals surface area contributed by atoms with Gasteiger partial charge in [0.25, 0.3) is 0 Å². The fourth-order valence-corrected chi connectivity index (χ4v) is 6.28. The van der Waals surface area contributed by atoms with Gasteiger partial charge in [0.15, 0.2) is 0 Å². The molecule has 4 aliphatic rings. The lowest BCUT2D eigenvalue weighted by Gasteiger charge is -2.15. The summed E-state index contributed by atoms with van der Waals surface area (Å²) in [6.45, 7) is 0. The molecule has 2 amide bonds. The Bertz CT molecular complexity index is 786. The molecule has 5 heteroatoms. The van der Waals surface area contributed by atoms with Crippen molar-refractivity contribution in [3.8, 4) is 6.07 Å². The Labute approximate surface area is 138 Å². The summed E-state index contributed by atoms with van der Waals surface area (Å²) >= 11 is 1.49. The van der Waals surface area contributed by atoms with Crippen LogP contribution in [0, 0.1) is 35.0 Å². The minimum Gasteiger partial charge on any atom is -0.274 e. The molecule has 1 aromatic heterocycles. The number of thiophene rings is 1. The molecule has 1 aliphatic heterocycles. The van der Waals surface area contributed by atoms with Crippen molar-refractivity contribution in [2.24, 2.45) is 23.7 Å². The molecule has 4 atom stereocenters. The first-order chi connectivity index (χ1) is 11.2. The van der Waals surface area contributed by atoms with E-state index in [2.05, 4.69) is 18.2 Å². The number of aryl methyl sites for hydroxylation is 1. The third-order valence-electron chi connectivity index (χ3n) is 5.94. The smallest absolute Gasteiger partial charge is 0.238 e. The summed E-state index contributed by atoms with van der Waals surface area (Å²) < 4.78 is 0. The van der Waals surface area contributed by atoms with Crippen LogP contribution in [0.2, 0.25) is 0 Å². The standard InChI is InChI=1S/C18H16N2O2S/c19-8-12-11-3-1-2-4-13(11)23-18(12)20-16(21)14-9-5-6-10(7-9)15(14)17(20)22/h5-6,9-10,14-15H,1-4,7H2/t9-,10-,14-,15+/m0/s1. The molecule has 1 aromatic rings. The van der Waals surface area contributed by atoms with E-state index in [9.17, 15) is 14.9 Å². The Balaban J connectivity index is 1.61. The van der Waals surface area contributed by atoms with Gasteiger partial charge in [0.05, 0.1) is 17.4 Å². The van der Waals surface area contributed by atoms with Crippen molar-refractivity contribution in [1.29, 1.82) is 5.26 Å². The summed E-state index contributed by atoms with van der Waals surface area (Å²) in [5.74, 6) is -0.108. The third kappa shape index (κ3) is 1.60. The maximum Gasteiger partial charge on any atom is 0.238 e. The summed E-state index contributed by atoms with van der Waals surface area (Å²) in [5, 5.41) is 10.2. The van der Waals surface area contributed by atoms with Crippen molar-refractivity contribution in [2.45, 2.75) is 32.1 Å². The van der Waals surface area contributed by atoms with E-state index >= 15 is 0 Å². The van der Waals surface area contributed by atoms with E-state index in [0.717, 1.165) is 37.7 Å². The van der Waals surface area contributed by atoms with Gasteiger partial charge in [-0.1, -0.05) is 12.2 Å². The first kappa shape index (κ1) is 13.5. The van der Waals surface area contributed by atoms with E-state index in [1.54, 1.807) is 0 Å². The zero-order valence-corrected chi connectivity index (χ0v) is 13.4. The number of amides is 2. The van der Waals surface area contributed by atoms with Crippen LogP contribution in [-0.4, -0.2) is 11.8 Å². The summed E-state index contributed by atoms with van der Waals surface area (Å²) in [6, 6.07) is 2.27. The maximum absolute atomic E-state index is 12.9. The van der Waals surface area contributed by atoms with Gasteiger partial charge in [0, 0.05) is 4.88 Å². The van der Waals surface area contributed by atoms with Gasteiger partial charge in [-0.25, -0.2) is 4.90 Å². The van der Waals surface area contributed by atoms with Crippen molar-refractivity contribution in [2.75, 3.05) is 4.90 Å². The summed E-state index contributed by atoms with van der Waals surface area (Å²) in [7, 11) is 0. The summed E-state index contributed by atoms with van der Waals surface area (Å²) in [6.07, 6.45) is 9.20. The lowest BCUT2D eigenvalue weighted by Crippen LogP contribution is -2.32. The highest BCUT2D eigenvalue weighted by molar-refractivity contribution is 7.17. The maximum atomic E-state index is 12.9. The van der Waals surface area contributed by atoms with Crippen LogP contribution in [0.25, 0.3) is 0 Å². The highest BCUT2D eigenvalue weighted by Gasteiger charge is 2.60. The number of hydrogen-bond donors (Lipinski definition) is 0. The molecule has 0 unspecified atom stereocenters. The van der Waals surface area contributed by atoms with Crippen molar-refractivity contribution >= 4 is 28.2 Å². The second-order valence-electron chi connectivity index (χ2n) is 7.01. The lowest BCUT2D eigenvalue weighted by molar-refractivity contribution is -0.123. The number of hydrogen-bond acceptors (Lipinski definition) is 4. The minimum atomic E-state index is -0.192. The number of fused-ring (bicyclic) bond motifs is 6. The van der Waals surface area contributed by atoms with Crippen LogP contribution in [0.4, 0.5) is 5.00 Å². The van der Waals surface area contributed by atoms with Gasteiger partial charge < -0.3 is 0 Å². The molecule has 0 aromatic carbocycles. The third-order valence-corrected chi connectivity index (χ3v) is 7.21. The van der Waals surface area contributed by atoms with Crippen molar-refractivity contribution in [3.63, 3.8) is 0 Å². The Morgan fingerprint density at radius 3 is 2.39 bits per heavy atom. The van der Waals surface area contributed by atoms with Gasteiger partial charge in [0.2, 0.25) is 11.8 Å². The van der Waals surface area contributed by atoms with Gasteiger partial charge in [-0.2, -0.15) is 5.26 Å². The van der Waals surface area contributed by atoms with Crippen molar-refractivity contribution < 1.29 is 9.59 Å².